The third-order valence-corrected chi connectivity index (χ3v) is 4.31. The second kappa shape index (κ2) is 8.57. The molecule has 2 aromatic carbocycles. The van der Waals surface area contributed by atoms with Crippen LogP contribution in [0.1, 0.15) is 45.0 Å². The molecule has 0 heterocycles. The second-order valence-electron chi connectivity index (χ2n) is 8.02. The number of rotatable bonds is 5. The van der Waals surface area contributed by atoms with E-state index in [0.717, 1.165) is 17.5 Å². The van der Waals surface area contributed by atoms with Crippen molar-refractivity contribution >= 4 is 35.4 Å². The lowest BCUT2D eigenvalue weighted by atomic mass is 10.00. The van der Waals surface area contributed by atoms with Crippen molar-refractivity contribution in [3.8, 4) is 11.1 Å². The highest BCUT2D eigenvalue weighted by Crippen LogP contribution is 2.29. The first-order valence-corrected chi connectivity index (χ1v) is 9.51. The van der Waals surface area contributed by atoms with Gasteiger partial charge in [-0.25, -0.2) is 0 Å². The van der Waals surface area contributed by atoms with E-state index in [-0.39, 0.29) is 23.2 Å². The van der Waals surface area contributed by atoms with Crippen molar-refractivity contribution in [2.75, 3.05) is 4.90 Å². The minimum atomic E-state index is -0.376. The van der Waals surface area contributed by atoms with Gasteiger partial charge in [-0.05, 0) is 62.2 Å². The molecule has 3 N–H and O–H groups in total. The van der Waals surface area contributed by atoms with Gasteiger partial charge in [0.15, 0.2) is 0 Å². The van der Waals surface area contributed by atoms with Gasteiger partial charge in [-0.15, -0.1) is 0 Å². The molecule has 1 amide bonds. The Kier molecular flexibility index (Phi) is 6.62. The summed E-state index contributed by atoms with van der Waals surface area (Å²) in [4.78, 5) is 14.3. The molecule has 0 saturated heterocycles. The van der Waals surface area contributed by atoms with Gasteiger partial charge in [-0.3, -0.25) is 20.5 Å². The van der Waals surface area contributed by atoms with Gasteiger partial charge in [0.2, 0.25) is 0 Å². The third kappa shape index (κ3) is 5.42. The van der Waals surface area contributed by atoms with E-state index in [1.165, 1.54) is 4.90 Å². The van der Waals surface area contributed by atoms with E-state index in [1.54, 1.807) is 18.2 Å². The average molecular weight is 399 g/mol. The van der Waals surface area contributed by atoms with Crippen LogP contribution in [0.3, 0.4) is 0 Å². The molecular weight excluding hydrogens is 372 g/mol. The third-order valence-electron chi connectivity index (χ3n) is 4.06. The smallest absolute Gasteiger partial charge is 0.251 e. The highest BCUT2D eigenvalue weighted by molar-refractivity contribution is 6.30. The molecule has 0 spiro atoms. The van der Waals surface area contributed by atoms with Gasteiger partial charge in [0, 0.05) is 27.7 Å². The van der Waals surface area contributed by atoms with Crippen molar-refractivity contribution in [2.45, 2.75) is 40.2 Å². The molecule has 0 fully saturated rings. The molecule has 0 aromatic heterocycles. The van der Waals surface area contributed by atoms with Crippen molar-refractivity contribution in [1.82, 2.24) is 5.32 Å². The number of halogens is 1. The summed E-state index contributed by atoms with van der Waals surface area (Å²) in [7, 11) is 0. The van der Waals surface area contributed by atoms with Crippen LogP contribution in [0.5, 0.6) is 0 Å². The zero-order chi connectivity index (χ0) is 21.1. The number of benzene rings is 2. The second-order valence-corrected chi connectivity index (χ2v) is 8.46. The lowest BCUT2D eigenvalue weighted by molar-refractivity contribution is 0.0919. The van der Waals surface area contributed by atoms with Crippen LogP contribution < -0.4 is 10.2 Å². The minimum absolute atomic E-state index is 0.0624. The van der Waals surface area contributed by atoms with E-state index in [4.69, 9.17) is 22.4 Å². The van der Waals surface area contributed by atoms with E-state index in [0.29, 0.717) is 16.3 Å². The van der Waals surface area contributed by atoms with Gasteiger partial charge < -0.3 is 5.32 Å². The van der Waals surface area contributed by atoms with Crippen LogP contribution in [-0.2, 0) is 0 Å². The molecule has 2 aromatic rings. The van der Waals surface area contributed by atoms with Crippen LogP contribution in [0.15, 0.2) is 42.5 Å². The predicted octanol–water partition coefficient (Wildman–Crippen LogP) is 5.58. The number of amidine groups is 1. The first-order chi connectivity index (χ1) is 13.0. The van der Waals surface area contributed by atoms with E-state index >= 15 is 0 Å². The molecule has 148 valence electrons. The highest BCUT2D eigenvalue weighted by Gasteiger charge is 2.20. The summed E-state index contributed by atoms with van der Waals surface area (Å²) in [5, 5.41) is 19.7. The van der Waals surface area contributed by atoms with Crippen LogP contribution in [-0.4, -0.2) is 23.6 Å². The summed E-state index contributed by atoms with van der Waals surface area (Å²) in [5.74, 6) is 0.0173. The first kappa shape index (κ1) is 21.6. The molecule has 28 heavy (non-hydrogen) atoms. The topological polar surface area (TPSA) is 80.0 Å². The largest absolute Gasteiger partial charge is 0.347 e. The molecule has 0 aliphatic carbocycles. The number of amides is 1. The van der Waals surface area contributed by atoms with Crippen molar-refractivity contribution in [3.05, 3.63) is 53.1 Å². The fourth-order valence-corrected chi connectivity index (χ4v) is 2.79. The number of hydrogen-bond donors (Lipinski definition) is 3. The molecule has 5 nitrogen and oxygen atoms in total. The van der Waals surface area contributed by atoms with Crippen molar-refractivity contribution in [3.63, 3.8) is 0 Å². The zero-order valence-electron chi connectivity index (χ0n) is 16.9. The summed E-state index contributed by atoms with van der Waals surface area (Å²) in [6, 6.07) is 12.8. The fourth-order valence-electron chi connectivity index (χ4n) is 2.66. The minimum Gasteiger partial charge on any atom is -0.347 e. The van der Waals surface area contributed by atoms with E-state index in [2.05, 4.69) is 5.32 Å². The molecule has 0 radical (unpaired) electrons. The van der Waals surface area contributed by atoms with Crippen molar-refractivity contribution in [1.29, 1.82) is 10.8 Å². The number of hydrogen-bond acceptors (Lipinski definition) is 3. The van der Waals surface area contributed by atoms with Crippen LogP contribution in [0.25, 0.3) is 11.1 Å². The Morgan fingerprint density at radius 3 is 2.21 bits per heavy atom. The van der Waals surface area contributed by atoms with Crippen LogP contribution in [0.4, 0.5) is 5.69 Å². The standard InChI is InChI=1S/C22H27ClN4O/c1-14(2)20(25)27(13-24)19-11-16(15-6-8-18(23)9-7-15)10-17(12-19)21(28)26-22(3,4)5/h6-14,24-25H,1-5H3,(H,26,28). The molecule has 0 saturated carbocycles. The Morgan fingerprint density at radius 1 is 1.11 bits per heavy atom. The van der Waals surface area contributed by atoms with Gasteiger partial charge in [-0.2, -0.15) is 0 Å². The zero-order valence-corrected chi connectivity index (χ0v) is 17.7. The fraction of sp³-hybridized carbons (Fsp3) is 0.318. The Morgan fingerprint density at radius 2 is 1.71 bits per heavy atom. The monoisotopic (exact) mass is 398 g/mol. The molecule has 0 atom stereocenters. The van der Waals surface area contributed by atoms with Gasteiger partial charge in [-0.1, -0.05) is 37.6 Å². The average Bonchev–Trinajstić information content (AvgIpc) is 2.61. The predicted molar refractivity (Wildman–Crippen MR) is 118 cm³/mol. The Hall–Kier alpha value is -2.66. The number of nitrogens with one attached hydrogen (secondary N) is 3. The summed E-state index contributed by atoms with van der Waals surface area (Å²) in [6.07, 6.45) is 1.11. The number of carbonyl (C=O) groups is 1. The van der Waals surface area contributed by atoms with Crippen molar-refractivity contribution < 1.29 is 4.79 Å². The lowest BCUT2D eigenvalue weighted by Gasteiger charge is -2.25. The summed E-state index contributed by atoms with van der Waals surface area (Å²) in [6.45, 7) is 9.57. The maximum Gasteiger partial charge on any atom is 0.251 e. The SMILES string of the molecule is CC(C)C(=N)N(C=N)c1cc(C(=O)NC(C)(C)C)cc(-c2ccc(Cl)cc2)c1. The van der Waals surface area contributed by atoms with Crippen molar-refractivity contribution in [2.24, 2.45) is 5.92 Å². The Labute approximate surface area is 171 Å². The van der Waals surface area contributed by atoms with Gasteiger partial charge in [0.1, 0.15) is 5.84 Å². The number of anilines is 1. The van der Waals surface area contributed by atoms with Crippen LogP contribution in [0.2, 0.25) is 5.02 Å². The molecule has 0 unspecified atom stereocenters. The Bertz CT molecular complexity index is 882. The van der Waals surface area contributed by atoms with Gasteiger partial charge in [0.25, 0.3) is 5.91 Å². The highest BCUT2D eigenvalue weighted by atomic mass is 35.5. The molecule has 6 heteroatoms. The maximum atomic E-state index is 12.8. The molecule has 0 bridgehead atoms. The van der Waals surface area contributed by atoms with Gasteiger partial charge >= 0.3 is 0 Å². The normalized spacial score (nSPS) is 11.2. The first-order valence-electron chi connectivity index (χ1n) is 9.13. The van der Waals surface area contributed by atoms with Crippen LogP contribution in [0, 0.1) is 16.7 Å². The van der Waals surface area contributed by atoms with E-state index < -0.39 is 0 Å². The quantitative estimate of drug-likeness (QED) is 0.453. The number of carbonyl (C=O) groups excluding carboxylic acids is 1. The van der Waals surface area contributed by atoms with Gasteiger partial charge in [0.05, 0.1) is 6.34 Å². The van der Waals surface area contributed by atoms with Crippen LogP contribution >= 0.6 is 11.6 Å². The number of nitrogens with zero attached hydrogens (tertiary/aromatic N) is 1. The van der Waals surface area contributed by atoms with E-state index in [1.807, 2.05) is 58.9 Å². The maximum absolute atomic E-state index is 12.8. The molecule has 0 aliphatic heterocycles. The summed E-state index contributed by atoms with van der Waals surface area (Å²) >= 11 is 6.00. The molecule has 0 aliphatic rings. The summed E-state index contributed by atoms with van der Waals surface area (Å²) in [5.41, 5.74) is 2.41. The van der Waals surface area contributed by atoms with E-state index in [9.17, 15) is 4.79 Å². The Balaban J connectivity index is 2.60. The molecule has 2 rings (SSSR count). The lowest BCUT2D eigenvalue weighted by Crippen LogP contribution is -2.40. The summed E-state index contributed by atoms with van der Waals surface area (Å²) < 4.78 is 0. The molecular formula is C22H27ClN4O.